The molecule has 0 bridgehead atoms. The molecule has 0 fully saturated rings. The highest BCUT2D eigenvalue weighted by atomic mass is 32.2. The molecular weight excluding hydrogens is 242 g/mol. The van der Waals surface area contributed by atoms with E-state index in [2.05, 4.69) is 20.7 Å². The van der Waals surface area contributed by atoms with Gasteiger partial charge < -0.3 is 10.7 Å². The van der Waals surface area contributed by atoms with E-state index in [9.17, 15) is 8.42 Å². The van der Waals surface area contributed by atoms with Gasteiger partial charge in [0, 0.05) is 12.8 Å². The molecule has 96 valence electrons. The maximum atomic E-state index is 11.5. The fourth-order valence-electron chi connectivity index (χ4n) is 0.955. The quantitative estimate of drug-likeness (QED) is 0.504. The van der Waals surface area contributed by atoms with Crippen molar-refractivity contribution in [1.82, 2.24) is 9.97 Å². The van der Waals surface area contributed by atoms with Crippen LogP contribution in [0.4, 0.5) is 11.6 Å². The summed E-state index contributed by atoms with van der Waals surface area (Å²) in [6.07, 6.45) is 4.17. The smallest absolute Gasteiger partial charge is 0.160 e. The van der Waals surface area contributed by atoms with E-state index >= 15 is 0 Å². The van der Waals surface area contributed by atoms with Crippen LogP contribution in [0.15, 0.2) is 12.4 Å². The molecule has 8 heteroatoms. The zero-order chi connectivity index (χ0) is 13.1. The maximum Gasteiger partial charge on any atom is 0.160 e. The number of aromatic nitrogens is 2. The summed E-state index contributed by atoms with van der Waals surface area (Å²) in [7, 11) is -3.14. The minimum atomic E-state index is -3.14. The molecule has 0 atom stereocenters. The third-order valence-electron chi connectivity index (χ3n) is 2.48. The first-order chi connectivity index (χ1) is 7.76. The van der Waals surface area contributed by atoms with Crippen LogP contribution in [0.1, 0.15) is 13.8 Å². The lowest BCUT2D eigenvalue weighted by molar-refractivity contribution is 0.559. The Bertz CT molecular complexity index is 486. The molecular formula is C9H17N5O2S. The van der Waals surface area contributed by atoms with Crippen molar-refractivity contribution in [3.8, 4) is 0 Å². The predicted octanol–water partition coefficient (Wildman–Crippen LogP) is -0.00270. The Morgan fingerprint density at radius 3 is 2.47 bits per heavy atom. The van der Waals surface area contributed by atoms with Gasteiger partial charge in [-0.3, -0.25) is 4.98 Å². The van der Waals surface area contributed by atoms with Crippen LogP contribution in [0, 0.1) is 0 Å². The number of hydrogen-bond acceptors (Lipinski definition) is 7. The summed E-state index contributed by atoms with van der Waals surface area (Å²) in [5.74, 6) is 6.07. The van der Waals surface area contributed by atoms with Gasteiger partial charge in [0.15, 0.2) is 15.7 Å². The monoisotopic (exact) mass is 259 g/mol. The Kier molecular flexibility index (Phi) is 3.89. The van der Waals surface area contributed by atoms with E-state index < -0.39 is 14.6 Å². The maximum absolute atomic E-state index is 11.5. The summed E-state index contributed by atoms with van der Waals surface area (Å²) < 4.78 is 22.1. The van der Waals surface area contributed by atoms with Crippen LogP contribution in [-0.4, -0.2) is 35.9 Å². The summed E-state index contributed by atoms with van der Waals surface area (Å²) in [6, 6.07) is 0. The molecule has 0 unspecified atom stereocenters. The first-order valence-corrected chi connectivity index (χ1v) is 6.87. The highest BCUT2D eigenvalue weighted by molar-refractivity contribution is 7.92. The second-order valence-electron chi connectivity index (χ2n) is 4.32. The van der Waals surface area contributed by atoms with E-state index in [1.165, 1.54) is 18.6 Å². The Labute approximate surface area is 101 Å². The molecule has 0 saturated carbocycles. The first-order valence-electron chi connectivity index (χ1n) is 4.98. The lowest BCUT2D eigenvalue weighted by Crippen LogP contribution is -2.38. The molecule has 17 heavy (non-hydrogen) atoms. The second-order valence-corrected chi connectivity index (χ2v) is 6.97. The standard InChI is InChI=1S/C9H17N5O2S/c1-9(2,17(3,15)16)6-12-7-4-11-5-8(13-7)14-10/h4-5H,6,10H2,1-3H3,(H2,12,13,14). The topological polar surface area (TPSA) is 110 Å². The van der Waals surface area contributed by atoms with Crippen molar-refractivity contribution in [2.75, 3.05) is 23.5 Å². The number of nitrogens with zero attached hydrogens (tertiary/aromatic N) is 2. The van der Waals surface area contributed by atoms with Gasteiger partial charge in [-0.15, -0.1) is 0 Å². The number of sulfone groups is 1. The Hall–Kier alpha value is -1.41. The fourth-order valence-corrected chi connectivity index (χ4v) is 1.29. The highest BCUT2D eigenvalue weighted by Gasteiger charge is 2.29. The molecule has 0 aliphatic carbocycles. The third kappa shape index (κ3) is 3.53. The summed E-state index contributed by atoms with van der Waals surface area (Å²) in [5, 5.41) is 2.92. The number of nitrogens with two attached hydrogens (primary N) is 1. The number of nitrogens with one attached hydrogen (secondary N) is 2. The predicted molar refractivity (Wildman–Crippen MR) is 67.3 cm³/mol. The van der Waals surface area contributed by atoms with E-state index in [0.717, 1.165) is 0 Å². The Balaban J connectivity index is 2.74. The minimum Gasteiger partial charge on any atom is -0.367 e. The summed E-state index contributed by atoms with van der Waals surface area (Å²) >= 11 is 0. The average molecular weight is 259 g/mol. The van der Waals surface area contributed by atoms with Gasteiger partial charge in [-0.1, -0.05) is 0 Å². The van der Waals surface area contributed by atoms with Gasteiger partial charge >= 0.3 is 0 Å². The van der Waals surface area contributed by atoms with Gasteiger partial charge in [0.25, 0.3) is 0 Å². The van der Waals surface area contributed by atoms with Gasteiger partial charge in [-0.25, -0.2) is 19.2 Å². The number of rotatable bonds is 5. The van der Waals surface area contributed by atoms with Crippen LogP contribution in [-0.2, 0) is 9.84 Å². The minimum absolute atomic E-state index is 0.245. The summed E-state index contributed by atoms with van der Waals surface area (Å²) in [5.41, 5.74) is 2.36. The van der Waals surface area contributed by atoms with E-state index in [0.29, 0.717) is 11.6 Å². The molecule has 0 amide bonds. The number of hydrazine groups is 1. The van der Waals surface area contributed by atoms with Gasteiger partial charge in [-0.05, 0) is 13.8 Å². The lowest BCUT2D eigenvalue weighted by Gasteiger charge is -2.22. The van der Waals surface area contributed by atoms with Gasteiger partial charge in [-0.2, -0.15) is 0 Å². The van der Waals surface area contributed by atoms with Crippen molar-refractivity contribution >= 4 is 21.5 Å². The zero-order valence-electron chi connectivity index (χ0n) is 10.1. The molecule has 0 aliphatic rings. The molecule has 1 rings (SSSR count). The second kappa shape index (κ2) is 4.84. The van der Waals surface area contributed by atoms with E-state index in [1.807, 2.05) is 0 Å². The molecule has 0 aliphatic heterocycles. The third-order valence-corrected chi connectivity index (χ3v) is 4.63. The van der Waals surface area contributed by atoms with Gasteiger partial charge in [0.1, 0.15) is 5.82 Å². The van der Waals surface area contributed by atoms with Crippen molar-refractivity contribution in [2.45, 2.75) is 18.6 Å². The molecule has 0 saturated heterocycles. The van der Waals surface area contributed by atoms with Crippen LogP contribution in [0.3, 0.4) is 0 Å². The van der Waals surface area contributed by atoms with Gasteiger partial charge in [0.2, 0.25) is 0 Å². The highest BCUT2D eigenvalue weighted by Crippen LogP contribution is 2.16. The van der Waals surface area contributed by atoms with Crippen LogP contribution >= 0.6 is 0 Å². The van der Waals surface area contributed by atoms with Crippen LogP contribution in [0.2, 0.25) is 0 Å². The average Bonchev–Trinajstić information content (AvgIpc) is 2.25. The van der Waals surface area contributed by atoms with E-state index in [1.54, 1.807) is 13.8 Å². The number of nitrogen functional groups attached to an aromatic ring is 1. The van der Waals surface area contributed by atoms with Crippen molar-refractivity contribution in [1.29, 1.82) is 0 Å². The SMILES string of the molecule is CC(C)(CNc1cncc(NN)n1)S(C)(=O)=O. The zero-order valence-corrected chi connectivity index (χ0v) is 10.9. The Morgan fingerprint density at radius 1 is 1.35 bits per heavy atom. The fraction of sp³-hybridized carbons (Fsp3) is 0.556. The molecule has 0 spiro atoms. The normalized spacial score (nSPS) is 12.2. The van der Waals surface area contributed by atoms with E-state index in [-0.39, 0.29) is 6.54 Å². The molecule has 7 nitrogen and oxygen atoms in total. The molecule has 1 aromatic rings. The largest absolute Gasteiger partial charge is 0.367 e. The van der Waals surface area contributed by atoms with Gasteiger partial charge in [0.05, 0.1) is 17.1 Å². The Morgan fingerprint density at radius 2 is 1.94 bits per heavy atom. The number of anilines is 2. The summed E-state index contributed by atoms with van der Waals surface area (Å²) in [4.78, 5) is 7.97. The summed E-state index contributed by atoms with van der Waals surface area (Å²) in [6.45, 7) is 3.54. The van der Waals surface area contributed by atoms with Crippen molar-refractivity contribution < 1.29 is 8.42 Å². The molecule has 0 radical (unpaired) electrons. The molecule has 0 aromatic carbocycles. The van der Waals surface area contributed by atoms with Crippen molar-refractivity contribution in [2.24, 2.45) is 5.84 Å². The van der Waals surface area contributed by atoms with Crippen LogP contribution in [0.25, 0.3) is 0 Å². The van der Waals surface area contributed by atoms with Crippen LogP contribution in [0.5, 0.6) is 0 Å². The molecule has 1 heterocycles. The van der Waals surface area contributed by atoms with Crippen molar-refractivity contribution in [3.63, 3.8) is 0 Å². The molecule has 4 N–H and O–H groups in total. The number of hydrogen-bond donors (Lipinski definition) is 3. The first kappa shape index (κ1) is 13.7. The lowest BCUT2D eigenvalue weighted by atomic mass is 10.2. The van der Waals surface area contributed by atoms with E-state index in [4.69, 9.17) is 5.84 Å². The van der Waals surface area contributed by atoms with Crippen LogP contribution < -0.4 is 16.6 Å². The van der Waals surface area contributed by atoms with Crippen molar-refractivity contribution in [3.05, 3.63) is 12.4 Å². The molecule has 1 aromatic heterocycles.